The van der Waals surface area contributed by atoms with E-state index in [4.69, 9.17) is 10.2 Å². The van der Waals surface area contributed by atoms with Gasteiger partial charge in [0.05, 0.1) is 5.54 Å². The maximum absolute atomic E-state index is 6.32. The predicted molar refractivity (Wildman–Crippen MR) is 84.7 cm³/mol. The summed E-state index contributed by atoms with van der Waals surface area (Å²) in [6.45, 7) is 0. The molecule has 0 radical (unpaired) electrons. The van der Waals surface area contributed by atoms with Gasteiger partial charge in [-0.3, -0.25) is 0 Å². The zero-order valence-corrected chi connectivity index (χ0v) is 13.1. The Bertz CT molecular complexity index is 788. The topological polar surface area (TPSA) is 52.0 Å². The average molecular weight is 349 g/mol. The molecule has 2 aromatic heterocycles. The van der Waals surface area contributed by atoms with Crippen LogP contribution in [0.3, 0.4) is 0 Å². The van der Waals surface area contributed by atoms with Crippen LogP contribution in [0.2, 0.25) is 0 Å². The molecule has 0 unspecified atom stereocenters. The maximum Gasteiger partial charge on any atom is 0.154 e. The van der Waals surface area contributed by atoms with Gasteiger partial charge in [0.15, 0.2) is 5.76 Å². The van der Waals surface area contributed by atoms with Gasteiger partial charge in [-0.25, -0.2) is 4.98 Å². The number of nitrogens with two attached hydrogens (primary N) is 1. The molecule has 0 atom stereocenters. The maximum atomic E-state index is 6.32. The number of hydrogen-bond acceptors (Lipinski definition) is 4. The van der Waals surface area contributed by atoms with Crippen LogP contribution >= 0.6 is 27.3 Å². The fourth-order valence-electron chi connectivity index (χ4n) is 2.53. The molecule has 0 saturated heterocycles. The molecule has 5 heteroatoms. The summed E-state index contributed by atoms with van der Waals surface area (Å²) < 4.78 is 6.92. The molecule has 1 saturated carbocycles. The molecule has 2 N–H and O–H groups in total. The first-order valence-electron chi connectivity index (χ1n) is 6.58. The Morgan fingerprint density at radius 3 is 2.90 bits per heavy atom. The summed E-state index contributed by atoms with van der Waals surface area (Å²) in [5.74, 6) is 0.809. The summed E-state index contributed by atoms with van der Waals surface area (Å²) in [7, 11) is 0. The molecule has 4 rings (SSSR count). The van der Waals surface area contributed by atoms with Crippen LogP contribution in [0, 0.1) is 0 Å². The Morgan fingerprint density at radius 2 is 2.15 bits per heavy atom. The first kappa shape index (κ1) is 12.6. The standard InChI is InChI=1S/C15H13BrN2OS/c16-10-2-3-12-9(6-10)7-13(19-12)11-8-20-14(18-11)15(17)4-1-5-15/h2-3,6-8H,1,4-5,17H2. The Labute approximate surface area is 128 Å². The second-order valence-electron chi connectivity index (χ2n) is 5.34. The van der Waals surface area contributed by atoms with Gasteiger partial charge in [0, 0.05) is 15.2 Å². The van der Waals surface area contributed by atoms with E-state index in [0.717, 1.165) is 44.7 Å². The third-order valence-electron chi connectivity index (χ3n) is 3.91. The van der Waals surface area contributed by atoms with Gasteiger partial charge < -0.3 is 10.2 Å². The van der Waals surface area contributed by atoms with Gasteiger partial charge in [0.2, 0.25) is 0 Å². The minimum atomic E-state index is -0.196. The number of rotatable bonds is 2. The normalized spacial score (nSPS) is 17.3. The number of aromatic nitrogens is 1. The largest absolute Gasteiger partial charge is 0.454 e. The molecule has 1 aromatic carbocycles. The lowest BCUT2D eigenvalue weighted by Crippen LogP contribution is -2.43. The van der Waals surface area contributed by atoms with Crippen LogP contribution in [0.15, 0.2) is 38.5 Å². The van der Waals surface area contributed by atoms with Gasteiger partial charge in [0.25, 0.3) is 0 Å². The van der Waals surface area contributed by atoms with Crippen molar-refractivity contribution in [2.75, 3.05) is 0 Å². The quantitative estimate of drug-likeness (QED) is 0.732. The number of nitrogens with zero attached hydrogens (tertiary/aromatic N) is 1. The number of thiazole rings is 1. The number of hydrogen-bond donors (Lipinski definition) is 1. The highest BCUT2D eigenvalue weighted by molar-refractivity contribution is 9.10. The third-order valence-corrected chi connectivity index (χ3v) is 5.46. The summed E-state index contributed by atoms with van der Waals surface area (Å²) >= 11 is 5.11. The first-order chi connectivity index (χ1) is 9.64. The fourth-order valence-corrected chi connectivity index (χ4v) is 3.89. The molecular weight excluding hydrogens is 336 g/mol. The second kappa shape index (κ2) is 4.41. The lowest BCUT2D eigenvalue weighted by atomic mass is 9.78. The molecule has 102 valence electrons. The van der Waals surface area contributed by atoms with Crippen molar-refractivity contribution in [2.24, 2.45) is 5.73 Å². The molecule has 1 fully saturated rings. The van der Waals surface area contributed by atoms with Gasteiger partial charge in [0.1, 0.15) is 16.3 Å². The van der Waals surface area contributed by atoms with E-state index < -0.39 is 0 Å². The number of benzene rings is 1. The van der Waals surface area contributed by atoms with Crippen molar-refractivity contribution in [3.05, 3.63) is 39.1 Å². The van der Waals surface area contributed by atoms with E-state index >= 15 is 0 Å². The van der Waals surface area contributed by atoms with E-state index in [1.54, 1.807) is 11.3 Å². The van der Waals surface area contributed by atoms with Gasteiger partial charge in [-0.1, -0.05) is 15.9 Å². The van der Waals surface area contributed by atoms with E-state index in [2.05, 4.69) is 20.9 Å². The van der Waals surface area contributed by atoms with E-state index in [1.165, 1.54) is 6.42 Å². The van der Waals surface area contributed by atoms with Crippen LogP contribution in [-0.2, 0) is 5.54 Å². The van der Waals surface area contributed by atoms with Crippen LogP contribution in [0.25, 0.3) is 22.4 Å². The monoisotopic (exact) mass is 348 g/mol. The van der Waals surface area contributed by atoms with Crippen LogP contribution in [0.1, 0.15) is 24.3 Å². The van der Waals surface area contributed by atoms with E-state index in [-0.39, 0.29) is 5.54 Å². The molecule has 2 heterocycles. The smallest absolute Gasteiger partial charge is 0.154 e. The lowest BCUT2D eigenvalue weighted by Gasteiger charge is -2.35. The van der Waals surface area contributed by atoms with Crippen LogP contribution in [0.4, 0.5) is 0 Å². The molecule has 20 heavy (non-hydrogen) atoms. The molecule has 1 aliphatic carbocycles. The number of furan rings is 1. The molecule has 3 aromatic rings. The van der Waals surface area contributed by atoms with Gasteiger partial charge in [-0.05, 0) is 43.5 Å². The number of halogens is 1. The highest BCUT2D eigenvalue weighted by Crippen LogP contribution is 2.41. The predicted octanol–water partition coefficient (Wildman–Crippen LogP) is 4.66. The van der Waals surface area contributed by atoms with Crippen molar-refractivity contribution in [1.29, 1.82) is 0 Å². The molecule has 0 spiro atoms. The van der Waals surface area contributed by atoms with Crippen molar-refractivity contribution >= 4 is 38.2 Å². The molecule has 3 nitrogen and oxygen atoms in total. The van der Waals surface area contributed by atoms with E-state index in [0.29, 0.717) is 0 Å². The molecule has 0 amide bonds. The minimum Gasteiger partial charge on any atom is -0.454 e. The fraction of sp³-hybridized carbons (Fsp3) is 0.267. The van der Waals surface area contributed by atoms with E-state index in [9.17, 15) is 0 Å². The molecule has 1 aliphatic rings. The SMILES string of the molecule is NC1(c2nc(-c3cc4cc(Br)ccc4o3)cs2)CCC1. The zero-order valence-electron chi connectivity index (χ0n) is 10.7. The summed E-state index contributed by atoms with van der Waals surface area (Å²) in [5, 5.41) is 4.14. The van der Waals surface area contributed by atoms with E-state index in [1.807, 2.05) is 29.6 Å². The molecular formula is C15H13BrN2OS. The average Bonchev–Trinajstić information content (AvgIpc) is 3.01. The molecule has 0 bridgehead atoms. The lowest BCUT2D eigenvalue weighted by molar-refractivity contribution is 0.253. The van der Waals surface area contributed by atoms with Gasteiger partial charge >= 0.3 is 0 Å². The highest BCUT2D eigenvalue weighted by Gasteiger charge is 2.37. The van der Waals surface area contributed by atoms with Gasteiger partial charge in [-0.2, -0.15) is 0 Å². The second-order valence-corrected chi connectivity index (χ2v) is 7.11. The third kappa shape index (κ3) is 1.92. The summed E-state index contributed by atoms with van der Waals surface area (Å²) in [4.78, 5) is 4.68. The summed E-state index contributed by atoms with van der Waals surface area (Å²) in [6.07, 6.45) is 3.27. The Hall–Kier alpha value is -1.17. The Morgan fingerprint density at radius 1 is 1.30 bits per heavy atom. The van der Waals surface area contributed by atoms with Crippen molar-refractivity contribution in [1.82, 2.24) is 4.98 Å². The molecule has 0 aliphatic heterocycles. The van der Waals surface area contributed by atoms with Crippen LogP contribution in [-0.4, -0.2) is 4.98 Å². The number of fused-ring (bicyclic) bond motifs is 1. The summed E-state index contributed by atoms with van der Waals surface area (Å²) in [6, 6.07) is 8.02. The van der Waals surface area contributed by atoms with Crippen LogP contribution < -0.4 is 5.73 Å². The van der Waals surface area contributed by atoms with Gasteiger partial charge in [-0.15, -0.1) is 11.3 Å². The van der Waals surface area contributed by atoms with Crippen molar-refractivity contribution in [3.8, 4) is 11.5 Å². The highest BCUT2D eigenvalue weighted by atomic mass is 79.9. The first-order valence-corrected chi connectivity index (χ1v) is 8.26. The Balaban J connectivity index is 1.75. The Kier molecular flexibility index (Phi) is 2.77. The zero-order chi connectivity index (χ0) is 13.7. The van der Waals surface area contributed by atoms with Crippen LogP contribution in [0.5, 0.6) is 0 Å². The van der Waals surface area contributed by atoms with Crippen molar-refractivity contribution in [3.63, 3.8) is 0 Å². The van der Waals surface area contributed by atoms with Crippen molar-refractivity contribution < 1.29 is 4.42 Å². The minimum absolute atomic E-state index is 0.196. The van der Waals surface area contributed by atoms with Crippen molar-refractivity contribution in [2.45, 2.75) is 24.8 Å². The summed E-state index contributed by atoms with van der Waals surface area (Å²) in [5.41, 5.74) is 7.89.